The van der Waals surface area contributed by atoms with Crippen molar-refractivity contribution in [3.8, 4) is 0 Å². The highest BCUT2D eigenvalue weighted by atomic mass is 79.9. The Morgan fingerprint density at radius 1 is 1.40 bits per heavy atom. The van der Waals surface area contributed by atoms with Crippen LogP contribution in [0.4, 0.5) is 5.95 Å². The molecule has 1 heterocycles. The lowest BCUT2D eigenvalue weighted by atomic mass is 10.1. The number of hydrogen-bond donors (Lipinski definition) is 0. The van der Waals surface area contributed by atoms with E-state index in [4.69, 9.17) is 23.2 Å². The van der Waals surface area contributed by atoms with Gasteiger partial charge in [0.15, 0.2) is 5.78 Å². The number of nitro groups is 1. The van der Waals surface area contributed by atoms with E-state index in [9.17, 15) is 14.9 Å². The van der Waals surface area contributed by atoms with Crippen LogP contribution < -0.4 is 0 Å². The van der Waals surface area contributed by atoms with Crippen LogP contribution in [-0.2, 0) is 6.54 Å². The lowest BCUT2D eigenvalue weighted by Crippen LogP contribution is -2.12. The molecule has 0 N–H and O–H groups in total. The minimum Gasteiger partial charge on any atom is -0.390 e. The minimum atomic E-state index is -0.745. The van der Waals surface area contributed by atoms with Crippen molar-refractivity contribution in [1.82, 2.24) is 14.8 Å². The Balaban J connectivity index is 2.23. The van der Waals surface area contributed by atoms with E-state index in [2.05, 4.69) is 26.0 Å². The Kier molecular flexibility index (Phi) is 4.36. The van der Waals surface area contributed by atoms with Gasteiger partial charge in [0.2, 0.25) is 0 Å². The average Bonchev–Trinajstić information content (AvgIpc) is 2.74. The Hall–Kier alpha value is -1.51. The average molecular weight is 380 g/mol. The molecule has 0 aliphatic rings. The van der Waals surface area contributed by atoms with Gasteiger partial charge in [-0.1, -0.05) is 23.2 Å². The maximum absolute atomic E-state index is 12.0. The quantitative estimate of drug-likeness (QED) is 0.462. The number of aromatic nitrogens is 3. The summed E-state index contributed by atoms with van der Waals surface area (Å²) in [4.78, 5) is 25.4. The van der Waals surface area contributed by atoms with Gasteiger partial charge in [0.25, 0.3) is 4.73 Å². The van der Waals surface area contributed by atoms with Gasteiger partial charge in [-0.05, 0) is 28.1 Å². The second-order valence-electron chi connectivity index (χ2n) is 3.65. The summed E-state index contributed by atoms with van der Waals surface area (Å²) in [7, 11) is 0. The van der Waals surface area contributed by atoms with Crippen molar-refractivity contribution in [3.63, 3.8) is 0 Å². The van der Waals surface area contributed by atoms with Gasteiger partial charge in [0.1, 0.15) is 6.54 Å². The minimum absolute atomic E-state index is 0.0950. The lowest BCUT2D eigenvalue weighted by molar-refractivity contribution is -0.394. The van der Waals surface area contributed by atoms with Crippen LogP contribution in [0.2, 0.25) is 10.0 Å². The third kappa shape index (κ3) is 3.14. The van der Waals surface area contributed by atoms with E-state index < -0.39 is 10.9 Å². The van der Waals surface area contributed by atoms with E-state index in [0.29, 0.717) is 10.6 Å². The zero-order valence-electron chi connectivity index (χ0n) is 9.59. The first-order valence-electron chi connectivity index (χ1n) is 5.11. The van der Waals surface area contributed by atoms with Gasteiger partial charge in [0.05, 0.1) is 10.0 Å². The molecule has 104 valence electrons. The Labute approximate surface area is 130 Å². The van der Waals surface area contributed by atoms with Gasteiger partial charge >= 0.3 is 5.95 Å². The first-order chi connectivity index (χ1) is 9.38. The molecule has 0 unspecified atom stereocenters. The molecule has 2 rings (SSSR count). The molecule has 0 radical (unpaired) electrons. The second-order valence-corrected chi connectivity index (χ2v) is 5.17. The molecule has 0 atom stereocenters. The van der Waals surface area contributed by atoms with Crippen molar-refractivity contribution < 1.29 is 9.72 Å². The largest absolute Gasteiger partial charge is 0.492 e. The number of Topliss-reactive ketones (excluding diaryl/α,β-unsaturated/α-hetero) is 1. The number of ketones is 1. The first kappa shape index (κ1) is 14.9. The Morgan fingerprint density at radius 2 is 2.10 bits per heavy atom. The Morgan fingerprint density at radius 3 is 2.65 bits per heavy atom. The van der Waals surface area contributed by atoms with Crippen molar-refractivity contribution in [1.29, 1.82) is 0 Å². The van der Waals surface area contributed by atoms with E-state index in [1.807, 2.05) is 0 Å². The highest BCUT2D eigenvalue weighted by Crippen LogP contribution is 2.23. The molecular formula is C10H5BrCl2N4O3. The van der Waals surface area contributed by atoms with Gasteiger partial charge in [-0.2, -0.15) is 4.68 Å². The fourth-order valence-electron chi connectivity index (χ4n) is 1.39. The van der Waals surface area contributed by atoms with Crippen LogP contribution in [0, 0.1) is 10.1 Å². The van der Waals surface area contributed by atoms with Gasteiger partial charge in [-0.15, -0.1) is 0 Å². The Bertz CT molecular complexity index is 704. The maximum Gasteiger partial charge on any atom is 0.492 e. The number of hydrogen-bond acceptors (Lipinski definition) is 5. The third-order valence-electron chi connectivity index (χ3n) is 2.31. The first-order valence-corrected chi connectivity index (χ1v) is 6.66. The van der Waals surface area contributed by atoms with Crippen LogP contribution >= 0.6 is 39.1 Å². The smallest absolute Gasteiger partial charge is 0.390 e. The molecular weight excluding hydrogens is 375 g/mol. The molecule has 1 aromatic carbocycles. The second kappa shape index (κ2) is 5.86. The molecule has 1 aromatic heterocycles. The topological polar surface area (TPSA) is 90.9 Å². The van der Waals surface area contributed by atoms with E-state index in [-0.39, 0.29) is 22.1 Å². The van der Waals surface area contributed by atoms with Gasteiger partial charge in [0, 0.05) is 26.6 Å². The highest BCUT2D eigenvalue weighted by Gasteiger charge is 2.21. The molecule has 0 spiro atoms. The molecule has 0 saturated carbocycles. The summed E-state index contributed by atoms with van der Waals surface area (Å²) in [5.74, 6) is -0.914. The fourth-order valence-corrected chi connectivity index (χ4v) is 2.05. The monoisotopic (exact) mass is 378 g/mol. The van der Waals surface area contributed by atoms with Crippen molar-refractivity contribution in [2.75, 3.05) is 0 Å². The van der Waals surface area contributed by atoms with Crippen LogP contribution in [0.25, 0.3) is 0 Å². The number of nitrogens with zero attached hydrogens (tertiary/aromatic N) is 4. The highest BCUT2D eigenvalue weighted by molar-refractivity contribution is 9.10. The van der Waals surface area contributed by atoms with E-state index in [1.54, 1.807) is 0 Å². The van der Waals surface area contributed by atoms with Gasteiger partial charge < -0.3 is 10.1 Å². The molecule has 2 aromatic rings. The summed E-state index contributed by atoms with van der Waals surface area (Å²) < 4.78 is 1.18. The standard InChI is InChI=1S/C10H5BrCl2N4O3/c11-9-14-10(17(19)20)15-16(9)4-8(18)5-1-2-6(12)7(13)3-5/h1-3H,4H2. The summed E-state index contributed by atoms with van der Waals surface area (Å²) in [6.07, 6.45) is 0. The molecule has 10 heteroatoms. The summed E-state index contributed by atoms with van der Waals surface area (Å²) in [5.41, 5.74) is 0.324. The van der Waals surface area contributed by atoms with Crippen molar-refractivity contribution in [3.05, 3.63) is 48.7 Å². The van der Waals surface area contributed by atoms with Crippen molar-refractivity contribution in [2.24, 2.45) is 0 Å². The number of carbonyl (C=O) groups excluding carboxylic acids is 1. The maximum atomic E-state index is 12.0. The molecule has 20 heavy (non-hydrogen) atoms. The molecule has 0 bridgehead atoms. The lowest BCUT2D eigenvalue weighted by Gasteiger charge is -2.01. The van der Waals surface area contributed by atoms with Crippen LogP contribution in [-0.4, -0.2) is 25.5 Å². The molecule has 0 aliphatic carbocycles. The van der Waals surface area contributed by atoms with Gasteiger partial charge in [-0.25, -0.2) is 0 Å². The zero-order valence-corrected chi connectivity index (χ0v) is 12.7. The molecule has 0 saturated heterocycles. The normalized spacial score (nSPS) is 10.6. The van der Waals surface area contributed by atoms with Gasteiger partial charge in [-0.3, -0.25) is 4.79 Å². The van der Waals surface area contributed by atoms with E-state index in [0.717, 1.165) is 4.68 Å². The molecule has 0 aliphatic heterocycles. The summed E-state index contributed by atoms with van der Waals surface area (Å²) >= 11 is 14.6. The zero-order chi connectivity index (χ0) is 14.9. The van der Waals surface area contributed by atoms with Crippen LogP contribution in [0.1, 0.15) is 10.4 Å². The third-order valence-corrected chi connectivity index (χ3v) is 3.64. The SMILES string of the molecule is O=C(Cn1nc([N+](=O)[O-])nc1Br)c1ccc(Cl)c(Cl)c1. The van der Waals surface area contributed by atoms with Crippen LogP contribution in [0.15, 0.2) is 22.9 Å². The summed E-state index contributed by atoms with van der Waals surface area (Å²) in [6.45, 7) is -0.209. The summed E-state index contributed by atoms with van der Waals surface area (Å²) in [5, 5.41) is 14.7. The molecule has 0 fully saturated rings. The molecule has 7 nitrogen and oxygen atoms in total. The van der Waals surface area contributed by atoms with Crippen LogP contribution in [0.5, 0.6) is 0 Å². The predicted molar refractivity (Wildman–Crippen MR) is 75.2 cm³/mol. The van der Waals surface area contributed by atoms with Crippen molar-refractivity contribution in [2.45, 2.75) is 6.54 Å². The molecule has 0 amide bonds. The van der Waals surface area contributed by atoms with Crippen LogP contribution in [0.3, 0.4) is 0 Å². The number of carbonyl (C=O) groups is 1. The summed E-state index contributed by atoms with van der Waals surface area (Å²) in [6, 6.07) is 4.43. The van der Waals surface area contributed by atoms with E-state index in [1.165, 1.54) is 18.2 Å². The number of halogens is 3. The van der Waals surface area contributed by atoms with Crippen molar-refractivity contribution >= 4 is 50.9 Å². The van der Waals surface area contributed by atoms with E-state index >= 15 is 0 Å². The predicted octanol–water partition coefficient (Wildman–Crippen LogP) is 3.14. The number of rotatable bonds is 4. The number of benzene rings is 1. The fraction of sp³-hybridized carbons (Fsp3) is 0.100.